The Morgan fingerprint density at radius 2 is 0.972 bits per heavy atom. The average Bonchev–Trinajstić information content (AvgIpc) is 3.28. The predicted molar refractivity (Wildman–Crippen MR) is 154 cm³/mol. The quantitative estimate of drug-likeness (QED) is 0.225. The van der Waals surface area contributed by atoms with E-state index in [1.807, 2.05) is 0 Å². The van der Waals surface area contributed by atoms with Gasteiger partial charge in [-0.2, -0.15) is 0 Å². The van der Waals surface area contributed by atoms with E-state index < -0.39 is 0 Å². The summed E-state index contributed by atoms with van der Waals surface area (Å²) in [5, 5.41) is 15.5. The largest absolute Gasteiger partial charge is 0.327 e. The number of aryl methyl sites for hydroxylation is 1. The first-order valence-electron chi connectivity index (χ1n) is 12.5. The highest BCUT2D eigenvalue weighted by Gasteiger charge is 2.21. The van der Waals surface area contributed by atoms with Crippen LogP contribution in [0, 0.1) is 0 Å². The van der Waals surface area contributed by atoms with Gasteiger partial charge >= 0.3 is 0 Å². The summed E-state index contributed by atoms with van der Waals surface area (Å²) >= 11 is 0. The maximum Gasteiger partial charge on any atom is 0.141 e. The average molecular weight is 457 g/mol. The Balaban J connectivity index is 1.48. The maximum absolute atomic E-state index is 5.38. The van der Waals surface area contributed by atoms with Gasteiger partial charge in [0.1, 0.15) is 5.82 Å². The minimum Gasteiger partial charge on any atom is -0.327 e. The minimum absolute atomic E-state index is 1.01. The summed E-state index contributed by atoms with van der Waals surface area (Å²) in [7, 11) is 2.17. The van der Waals surface area contributed by atoms with E-state index in [4.69, 9.17) is 4.98 Å². The second-order valence-corrected chi connectivity index (χ2v) is 10.0. The van der Waals surface area contributed by atoms with Crippen molar-refractivity contribution in [1.29, 1.82) is 0 Å². The SMILES string of the molecule is Cn1c(-c2ccc3ccc4cccc5ccc2c3c45)nc2c3cccc4ccc5cccc(c5c43)c21. The van der Waals surface area contributed by atoms with Gasteiger partial charge in [-0.05, 0) is 53.9 Å². The van der Waals surface area contributed by atoms with E-state index >= 15 is 0 Å². The molecule has 0 spiro atoms. The van der Waals surface area contributed by atoms with Crippen molar-refractivity contribution in [3.8, 4) is 11.4 Å². The molecule has 0 saturated carbocycles. The summed E-state index contributed by atoms with van der Waals surface area (Å²) in [5.74, 6) is 1.01. The van der Waals surface area contributed by atoms with Crippen LogP contribution in [-0.4, -0.2) is 9.55 Å². The van der Waals surface area contributed by atoms with Gasteiger partial charge < -0.3 is 4.57 Å². The lowest BCUT2D eigenvalue weighted by Gasteiger charge is -2.14. The fraction of sp³-hybridized carbons (Fsp3) is 0.0294. The molecule has 1 heterocycles. The number of benzene rings is 8. The zero-order valence-corrected chi connectivity index (χ0v) is 19.7. The van der Waals surface area contributed by atoms with Crippen LogP contribution in [0.1, 0.15) is 0 Å². The fourth-order valence-electron chi connectivity index (χ4n) is 6.72. The van der Waals surface area contributed by atoms with Crippen LogP contribution >= 0.6 is 0 Å². The van der Waals surface area contributed by atoms with Crippen molar-refractivity contribution in [3.63, 3.8) is 0 Å². The molecule has 1 aromatic heterocycles. The molecular weight excluding hydrogens is 436 g/mol. The van der Waals surface area contributed by atoms with Crippen LogP contribution in [0.5, 0.6) is 0 Å². The predicted octanol–water partition coefficient (Wildman–Crippen LogP) is 9.04. The molecule has 0 N–H and O–H groups in total. The third kappa shape index (κ3) is 2.12. The number of imidazole rings is 1. The zero-order chi connectivity index (χ0) is 23.5. The molecule has 0 fully saturated rings. The summed E-state index contributed by atoms with van der Waals surface area (Å²) in [4.78, 5) is 5.38. The third-order valence-corrected chi connectivity index (χ3v) is 8.26. The van der Waals surface area contributed by atoms with Gasteiger partial charge in [0.25, 0.3) is 0 Å². The third-order valence-electron chi connectivity index (χ3n) is 8.26. The van der Waals surface area contributed by atoms with Crippen LogP contribution in [0.15, 0.2) is 103 Å². The van der Waals surface area contributed by atoms with Crippen molar-refractivity contribution in [2.75, 3.05) is 0 Å². The van der Waals surface area contributed by atoms with Crippen molar-refractivity contribution >= 4 is 75.7 Å². The monoisotopic (exact) mass is 456 g/mol. The highest BCUT2D eigenvalue weighted by molar-refractivity contribution is 6.33. The number of nitrogens with zero attached hydrogens (tertiary/aromatic N) is 2. The second kappa shape index (κ2) is 6.30. The molecule has 0 atom stereocenters. The van der Waals surface area contributed by atoms with E-state index in [1.54, 1.807) is 0 Å². The van der Waals surface area contributed by atoms with E-state index in [9.17, 15) is 0 Å². The van der Waals surface area contributed by atoms with Crippen LogP contribution < -0.4 is 0 Å². The van der Waals surface area contributed by atoms with Crippen molar-refractivity contribution in [2.45, 2.75) is 0 Å². The molecule has 0 saturated heterocycles. The van der Waals surface area contributed by atoms with Crippen LogP contribution in [0.4, 0.5) is 0 Å². The Morgan fingerprint density at radius 3 is 1.69 bits per heavy atom. The van der Waals surface area contributed by atoms with Crippen molar-refractivity contribution in [3.05, 3.63) is 103 Å². The van der Waals surface area contributed by atoms with Crippen LogP contribution in [-0.2, 0) is 7.05 Å². The molecule has 166 valence electrons. The number of hydrogen-bond donors (Lipinski definition) is 0. The summed E-state index contributed by atoms with van der Waals surface area (Å²) in [6.45, 7) is 0. The Labute approximate surface area is 206 Å². The topological polar surface area (TPSA) is 17.8 Å². The highest BCUT2D eigenvalue weighted by atomic mass is 15.1. The number of aromatic nitrogens is 2. The molecule has 2 heteroatoms. The van der Waals surface area contributed by atoms with Crippen LogP contribution in [0.2, 0.25) is 0 Å². The van der Waals surface area contributed by atoms with Crippen LogP contribution in [0.3, 0.4) is 0 Å². The molecule has 0 bridgehead atoms. The van der Waals surface area contributed by atoms with Crippen molar-refractivity contribution in [2.24, 2.45) is 7.05 Å². The molecule has 0 aliphatic heterocycles. The number of hydrogen-bond acceptors (Lipinski definition) is 1. The molecule has 0 aliphatic carbocycles. The van der Waals surface area contributed by atoms with Gasteiger partial charge in [0.15, 0.2) is 0 Å². The Hall–Kier alpha value is -4.69. The van der Waals surface area contributed by atoms with Crippen molar-refractivity contribution in [1.82, 2.24) is 9.55 Å². The minimum atomic E-state index is 1.01. The van der Waals surface area contributed by atoms with Crippen LogP contribution in [0.25, 0.3) is 87.1 Å². The van der Waals surface area contributed by atoms with Gasteiger partial charge in [0.05, 0.1) is 11.0 Å². The van der Waals surface area contributed by atoms with E-state index in [0.29, 0.717) is 0 Å². The lowest BCUT2D eigenvalue weighted by atomic mass is 9.92. The van der Waals surface area contributed by atoms with Gasteiger partial charge in [-0.1, -0.05) is 103 Å². The first kappa shape index (κ1) is 18.6. The molecule has 0 unspecified atom stereocenters. The van der Waals surface area contributed by atoms with E-state index in [-0.39, 0.29) is 0 Å². The molecule has 36 heavy (non-hydrogen) atoms. The number of fused-ring (bicyclic) bond motifs is 3. The highest BCUT2D eigenvalue weighted by Crippen LogP contribution is 2.43. The number of rotatable bonds is 1. The van der Waals surface area contributed by atoms with Gasteiger partial charge in [-0.3, -0.25) is 0 Å². The lowest BCUT2D eigenvalue weighted by Crippen LogP contribution is -1.95. The lowest BCUT2D eigenvalue weighted by molar-refractivity contribution is 0.964. The molecule has 9 aromatic rings. The molecule has 0 amide bonds. The Morgan fingerprint density at radius 1 is 0.472 bits per heavy atom. The molecule has 9 rings (SSSR count). The summed E-state index contributed by atoms with van der Waals surface area (Å²) in [6, 6.07) is 37.8. The maximum atomic E-state index is 5.38. The van der Waals surface area contributed by atoms with Gasteiger partial charge in [-0.25, -0.2) is 4.98 Å². The van der Waals surface area contributed by atoms with E-state index in [1.165, 1.54) is 75.7 Å². The molecule has 8 aromatic carbocycles. The summed E-state index contributed by atoms with van der Waals surface area (Å²) in [5.41, 5.74) is 3.46. The normalized spacial score (nSPS) is 12.6. The van der Waals surface area contributed by atoms with Crippen molar-refractivity contribution < 1.29 is 0 Å². The fourth-order valence-corrected chi connectivity index (χ4v) is 6.72. The Bertz CT molecular complexity index is 2300. The van der Waals surface area contributed by atoms with Gasteiger partial charge in [0.2, 0.25) is 0 Å². The second-order valence-electron chi connectivity index (χ2n) is 10.0. The zero-order valence-electron chi connectivity index (χ0n) is 19.7. The first-order valence-corrected chi connectivity index (χ1v) is 12.5. The van der Waals surface area contributed by atoms with E-state index in [2.05, 4.69) is 115 Å². The standard InChI is InChI=1S/C34H20N2/c1-36-33-27-10-4-8-22-13-12-21-7-3-9-26(30(21)31(22)27)32(33)35-34(36)25-18-16-23-14-11-19-5-2-6-20-15-17-24(25)29(23)28(19)20/h2-18H,1H3. The smallest absolute Gasteiger partial charge is 0.141 e. The van der Waals surface area contributed by atoms with E-state index in [0.717, 1.165) is 11.3 Å². The van der Waals surface area contributed by atoms with Gasteiger partial charge in [0, 0.05) is 23.4 Å². The molecule has 0 radical (unpaired) electrons. The van der Waals surface area contributed by atoms with Gasteiger partial charge in [-0.15, -0.1) is 0 Å². The molecule has 0 aliphatic rings. The molecular formula is C34H20N2. The first-order chi connectivity index (χ1) is 17.8. The summed E-state index contributed by atoms with van der Waals surface area (Å²) in [6.07, 6.45) is 0. The Kier molecular flexibility index (Phi) is 3.26. The molecule has 2 nitrogen and oxygen atoms in total. The summed E-state index contributed by atoms with van der Waals surface area (Å²) < 4.78 is 2.31.